The molecule has 148 valence electrons. The largest absolute Gasteiger partial charge is 0.480 e. The van der Waals surface area contributed by atoms with E-state index in [0.717, 1.165) is 5.56 Å². The number of rotatable bonds is 5. The van der Waals surface area contributed by atoms with Gasteiger partial charge in [0.2, 0.25) is 5.91 Å². The smallest absolute Gasteiger partial charge is 0.410 e. The molecule has 1 heterocycles. The topological polar surface area (TPSA) is 87.2 Å². The van der Waals surface area contributed by atoms with Crippen molar-refractivity contribution in [3.63, 3.8) is 0 Å². The van der Waals surface area contributed by atoms with Crippen molar-refractivity contribution in [2.45, 2.75) is 57.7 Å². The van der Waals surface area contributed by atoms with Gasteiger partial charge >= 0.3 is 12.1 Å². The van der Waals surface area contributed by atoms with E-state index in [-0.39, 0.29) is 12.3 Å². The second-order valence-electron chi connectivity index (χ2n) is 7.82. The number of carboxylic acids is 1. The Hall–Kier alpha value is -2.57. The van der Waals surface area contributed by atoms with E-state index in [9.17, 15) is 19.5 Å². The average Bonchev–Trinajstić information content (AvgIpc) is 3.08. The van der Waals surface area contributed by atoms with Crippen molar-refractivity contribution in [1.29, 1.82) is 0 Å². The number of nitrogens with zero attached hydrogens (tertiary/aromatic N) is 2. The van der Waals surface area contributed by atoms with Gasteiger partial charge in [-0.05, 0) is 39.2 Å². The van der Waals surface area contributed by atoms with E-state index < -0.39 is 29.7 Å². The van der Waals surface area contributed by atoms with E-state index in [2.05, 4.69) is 0 Å². The van der Waals surface area contributed by atoms with Crippen molar-refractivity contribution in [2.75, 3.05) is 13.6 Å². The van der Waals surface area contributed by atoms with Crippen LogP contribution in [-0.4, -0.2) is 64.2 Å². The van der Waals surface area contributed by atoms with Gasteiger partial charge in [-0.1, -0.05) is 30.3 Å². The SMILES string of the molecule is CN(C(=O)OC(C)(C)C)[C@@H](Cc1ccccc1)C(=O)N1CCC[C@H]1C(=O)O. The number of ether oxygens (including phenoxy) is 1. The van der Waals surface area contributed by atoms with Gasteiger partial charge in [0.05, 0.1) is 0 Å². The van der Waals surface area contributed by atoms with Crippen LogP contribution in [0, 0.1) is 0 Å². The van der Waals surface area contributed by atoms with E-state index in [4.69, 9.17) is 4.74 Å². The summed E-state index contributed by atoms with van der Waals surface area (Å²) in [5, 5.41) is 9.41. The quantitative estimate of drug-likeness (QED) is 0.853. The van der Waals surface area contributed by atoms with Crippen molar-refractivity contribution in [3.8, 4) is 0 Å². The molecule has 1 N–H and O–H groups in total. The first-order chi connectivity index (χ1) is 12.6. The molecule has 0 saturated carbocycles. The molecule has 1 aliphatic rings. The van der Waals surface area contributed by atoms with Crippen molar-refractivity contribution >= 4 is 18.0 Å². The van der Waals surface area contributed by atoms with Crippen LogP contribution in [0.3, 0.4) is 0 Å². The fourth-order valence-electron chi connectivity index (χ4n) is 3.17. The molecule has 2 atom stereocenters. The molecule has 1 fully saturated rings. The zero-order chi connectivity index (χ0) is 20.2. The summed E-state index contributed by atoms with van der Waals surface area (Å²) < 4.78 is 5.41. The van der Waals surface area contributed by atoms with Crippen molar-refractivity contribution in [3.05, 3.63) is 35.9 Å². The highest BCUT2D eigenvalue weighted by Crippen LogP contribution is 2.22. The van der Waals surface area contributed by atoms with Crippen LogP contribution >= 0.6 is 0 Å². The maximum absolute atomic E-state index is 13.2. The molecule has 27 heavy (non-hydrogen) atoms. The predicted octanol–water partition coefficient (Wildman–Crippen LogP) is 2.54. The number of likely N-dealkylation sites (N-methyl/N-ethyl adjacent to an activating group) is 1. The molecule has 1 aliphatic heterocycles. The van der Waals surface area contributed by atoms with Crippen LogP contribution in [0.25, 0.3) is 0 Å². The Balaban J connectivity index is 2.27. The third-order valence-electron chi connectivity index (χ3n) is 4.53. The highest BCUT2D eigenvalue weighted by Gasteiger charge is 2.40. The highest BCUT2D eigenvalue weighted by atomic mass is 16.6. The Morgan fingerprint density at radius 1 is 1.26 bits per heavy atom. The number of carbonyl (C=O) groups is 3. The van der Waals surface area contributed by atoms with Gasteiger partial charge in [-0.15, -0.1) is 0 Å². The highest BCUT2D eigenvalue weighted by molar-refractivity contribution is 5.90. The van der Waals surface area contributed by atoms with Crippen LogP contribution in [0.15, 0.2) is 30.3 Å². The summed E-state index contributed by atoms with van der Waals surface area (Å²) in [7, 11) is 1.52. The van der Waals surface area contributed by atoms with Crippen molar-refractivity contribution < 1.29 is 24.2 Å². The Morgan fingerprint density at radius 2 is 1.89 bits per heavy atom. The summed E-state index contributed by atoms with van der Waals surface area (Å²) in [5.41, 5.74) is 0.195. The van der Waals surface area contributed by atoms with Gasteiger partial charge < -0.3 is 14.7 Å². The fourth-order valence-corrected chi connectivity index (χ4v) is 3.17. The van der Waals surface area contributed by atoms with E-state index in [1.54, 1.807) is 20.8 Å². The van der Waals surface area contributed by atoms with Crippen LogP contribution in [0.1, 0.15) is 39.2 Å². The zero-order valence-electron chi connectivity index (χ0n) is 16.3. The van der Waals surface area contributed by atoms with Crippen LogP contribution in [0.5, 0.6) is 0 Å². The first-order valence-electron chi connectivity index (χ1n) is 9.13. The minimum absolute atomic E-state index is 0.290. The van der Waals surface area contributed by atoms with Gasteiger partial charge in [-0.3, -0.25) is 9.69 Å². The van der Waals surface area contributed by atoms with Crippen molar-refractivity contribution in [1.82, 2.24) is 9.80 Å². The Kier molecular flexibility index (Phi) is 6.46. The molecule has 0 unspecified atom stereocenters. The molecular formula is C20H28N2O5. The number of aliphatic carboxylic acids is 1. The normalized spacial score (nSPS) is 18.1. The molecule has 2 amide bonds. The molecule has 0 radical (unpaired) electrons. The molecule has 0 aliphatic carbocycles. The van der Waals surface area contributed by atoms with Crippen LogP contribution in [-0.2, 0) is 20.7 Å². The second kappa shape index (κ2) is 8.41. The van der Waals surface area contributed by atoms with Gasteiger partial charge in [-0.2, -0.15) is 0 Å². The molecule has 7 nitrogen and oxygen atoms in total. The fraction of sp³-hybridized carbons (Fsp3) is 0.550. The maximum atomic E-state index is 13.2. The lowest BCUT2D eigenvalue weighted by Gasteiger charge is -2.33. The predicted molar refractivity (Wildman–Crippen MR) is 100 cm³/mol. The lowest BCUT2D eigenvalue weighted by Crippen LogP contribution is -2.53. The van der Waals surface area contributed by atoms with E-state index in [1.165, 1.54) is 16.8 Å². The lowest BCUT2D eigenvalue weighted by atomic mass is 10.0. The Bertz CT molecular complexity index is 683. The van der Waals surface area contributed by atoms with Gasteiger partial charge in [0.15, 0.2) is 0 Å². The van der Waals surface area contributed by atoms with Crippen LogP contribution in [0.2, 0.25) is 0 Å². The molecule has 7 heteroatoms. The summed E-state index contributed by atoms with van der Waals surface area (Å²) in [5.74, 6) is -1.38. The summed E-state index contributed by atoms with van der Waals surface area (Å²) in [6, 6.07) is 7.67. The number of amides is 2. The number of hydrogen-bond acceptors (Lipinski definition) is 4. The first kappa shape index (κ1) is 20.7. The zero-order valence-corrected chi connectivity index (χ0v) is 16.3. The number of benzene rings is 1. The first-order valence-corrected chi connectivity index (χ1v) is 9.13. The monoisotopic (exact) mass is 376 g/mol. The Labute approximate surface area is 159 Å². The Morgan fingerprint density at radius 3 is 2.44 bits per heavy atom. The van der Waals surface area contributed by atoms with Gasteiger partial charge in [-0.25, -0.2) is 9.59 Å². The molecule has 1 aromatic carbocycles. The van der Waals surface area contributed by atoms with E-state index >= 15 is 0 Å². The lowest BCUT2D eigenvalue weighted by molar-refractivity contribution is -0.150. The van der Waals surface area contributed by atoms with Gasteiger partial charge in [0.1, 0.15) is 17.7 Å². The minimum Gasteiger partial charge on any atom is -0.480 e. The summed E-state index contributed by atoms with van der Waals surface area (Å²) in [6.07, 6.45) is 0.743. The minimum atomic E-state index is -1.01. The van der Waals surface area contributed by atoms with Gasteiger partial charge in [0.25, 0.3) is 0 Å². The molecule has 2 rings (SSSR count). The summed E-state index contributed by atoms with van der Waals surface area (Å²) in [6.45, 7) is 5.65. The number of carboxylic acid groups (broad SMARTS) is 1. The summed E-state index contributed by atoms with van der Waals surface area (Å²) >= 11 is 0. The van der Waals surface area contributed by atoms with Gasteiger partial charge in [0, 0.05) is 20.0 Å². The summed E-state index contributed by atoms with van der Waals surface area (Å²) in [4.78, 5) is 39.9. The average molecular weight is 376 g/mol. The molecule has 0 aromatic heterocycles. The third kappa shape index (κ3) is 5.45. The molecule has 1 aromatic rings. The number of likely N-dealkylation sites (tertiary alicyclic amines) is 1. The number of carbonyl (C=O) groups excluding carboxylic acids is 2. The van der Waals surface area contributed by atoms with Crippen LogP contribution in [0.4, 0.5) is 4.79 Å². The standard InChI is InChI=1S/C20H28N2O5/c1-20(2,3)27-19(26)21(4)16(13-14-9-6-5-7-10-14)17(23)22-12-8-11-15(22)18(24)25/h5-7,9-10,15-16H,8,11-13H2,1-4H3,(H,24,25)/t15-,16-/m0/s1. The molecule has 0 spiro atoms. The molecule has 1 saturated heterocycles. The van der Waals surface area contributed by atoms with E-state index in [0.29, 0.717) is 19.4 Å². The maximum Gasteiger partial charge on any atom is 0.410 e. The van der Waals surface area contributed by atoms with Crippen molar-refractivity contribution in [2.24, 2.45) is 0 Å². The van der Waals surface area contributed by atoms with E-state index in [1.807, 2.05) is 30.3 Å². The molecule has 0 bridgehead atoms. The van der Waals surface area contributed by atoms with Crippen LogP contribution < -0.4 is 0 Å². The third-order valence-corrected chi connectivity index (χ3v) is 4.53. The second-order valence-corrected chi connectivity index (χ2v) is 7.82. The number of hydrogen-bond donors (Lipinski definition) is 1. The molecular weight excluding hydrogens is 348 g/mol.